The number of H-pyrrole nitrogens is 2. The lowest BCUT2D eigenvalue weighted by atomic mass is 10.1. The van der Waals surface area contributed by atoms with Gasteiger partial charge in [0.25, 0.3) is 0 Å². The average Bonchev–Trinajstić information content (AvgIpc) is 3.51. The number of aromatic nitrogens is 6. The van der Waals surface area contributed by atoms with E-state index in [1.807, 2.05) is 24.4 Å². The zero-order valence-electron chi connectivity index (χ0n) is 15.4. The van der Waals surface area contributed by atoms with E-state index in [1.54, 1.807) is 30.9 Å². The van der Waals surface area contributed by atoms with Gasteiger partial charge in [-0.15, -0.1) is 11.3 Å². The van der Waals surface area contributed by atoms with Crippen molar-refractivity contribution in [2.45, 2.75) is 0 Å². The van der Waals surface area contributed by atoms with Crippen LogP contribution >= 0.6 is 11.3 Å². The van der Waals surface area contributed by atoms with E-state index in [0.717, 1.165) is 60.6 Å². The minimum Gasteiger partial charge on any atom is -0.352 e. The van der Waals surface area contributed by atoms with Crippen molar-refractivity contribution in [1.82, 2.24) is 30.1 Å². The Kier molecular flexibility index (Phi) is 3.72. The van der Waals surface area contributed by atoms with Crippen LogP contribution in [-0.2, 0) is 0 Å². The molecule has 0 aliphatic carbocycles. The zero-order valence-corrected chi connectivity index (χ0v) is 16.2. The zero-order chi connectivity index (χ0) is 20.1. The van der Waals surface area contributed by atoms with Crippen LogP contribution < -0.4 is 0 Å². The molecular formula is C22H13FN6S. The molecular weight excluding hydrogens is 399 g/mol. The molecule has 0 saturated carbocycles. The Balaban J connectivity index is 1.52. The summed E-state index contributed by atoms with van der Waals surface area (Å²) in [6.07, 6.45) is 8.88. The van der Waals surface area contributed by atoms with Gasteiger partial charge in [-0.05, 0) is 30.3 Å². The summed E-state index contributed by atoms with van der Waals surface area (Å²) in [4.78, 5) is 17.2. The van der Waals surface area contributed by atoms with Crippen LogP contribution in [0, 0.1) is 5.13 Å². The summed E-state index contributed by atoms with van der Waals surface area (Å²) in [7, 11) is 0. The molecule has 0 amide bonds. The molecule has 0 radical (unpaired) electrons. The summed E-state index contributed by atoms with van der Waals surface area (Å²) in [5.74, 6) is 0. The molecule has 0 bridgehead atoms. The van der Waals surface area contributed by atoms with E-state index < -0.39 is 0 Å². The minimum absolute atomic E-state index is 0.216. The SMILES string of the molecule is Fc1ccc(-c2cncc3[nH]c(-c4[nH]nc5ncc(-c6cccnc6)cc45)cc23)s1. The molecule has 144 valence electrons. The molecule has 8 heteroatoms. The highest BCUT2D eigenvalue weighted by molar-refractivity contribution is 7.14. The van der Waals surface area contributed by atoms with Crippen LogP contribution in [0.1, 0.15) is 0 Å². The van der Waals surface area contributed by atoms with Gasteiger partial charge in [0.2, 0.25) is 0 Å². The summed E-state index contributed by atoms with van der Waals surface area (Å²) in [5, 5.41) is 9.10. The number of pyridine rings is 3. The molecule has 6 heterocycles. The first-order chi connectivity index (χ1) is 14.8. The van der Waals surface area contributed by atoms with E-state index in [0.29, 0.717) is 5.65 Å². The topological polar surface area (TPSA) is 83.1 Å². The predicted molar refractivity (Wildman–Crippen MR) is 115 cm³/mol. The monoisotopic (exact) mass is 412 g/mol. The molecule has 6 aromatic rings. The van der Waals surface area contributed by atoms with Gasteiger partial charge in [0.15, 0.2) is 10.8 Å². The van der Waals surface area contributed by atoms with E-state index in [-0.39, 0.29) is 5.13 Å². The lowest BCUT2D eigenvalue weighted by molar-refractivity contribution is 0.657. The second-order valence-electron chi connectivity index (χ2n) is 6.87. The first-order valence-electron chi connectivity index (χ1n) is 9.23. The van der Waals surface area contributed by atoms with Crippen LogP contribution in [-0.4, -0.2) is 30.1 Å². The minimum atomic E-state index is -0.216. The Morgan fingerprint density at radius 2 is 1.87 bits per heavy atom. The first-order valence-corrected chi connectivity index (χ1v) is 10.1. The maximum Gasteiger partial charge on any atom is 0.181 e. The number of nitrogens with one attached hydrogen (secondary N) is 2. The highest BCUT2D eigenvalue weighted by atomic mass is 32.1. The Morgan fingerprint density at radius 3 is 2.70 bits per heavy atom. The number of hydrogen-bond donors (Lipinski definition) is 2. The molecule has 0 unspecified atom stereocenters. The summed E-state index contributed by atoms with van der Waals surface area (Å²) in [6, 6.07) is 11.2. The number of fused-ring (bicyclic) bond motifs is 2. The van der Waals surface area contributed by atoms with E-state index in [1.165, 1.54) is 6.07 Å². The molecule has 6 rings (SSSR count). The second kappa shape index (κ2) is 6.57. The van der Waals surface area contributed by atoms with Crippen molar-refractivity contribution in [1.29, 1.82) is 0 Å². The normalized spacial score (nSPS) is 11.5. The van der Waals surface area contributed by atoms with Gasteiger partial charge >= 0.3 is 0 Å². The van der Waals surface area contributed by atoms with Crippen molar-refractivity contribution in [3.05, 3.63) is 72.5 Å². The van der Waals surface area contributed by atoms with Gasteiger partial charge in [-0.3, -0.25) is 15.1 Å². The molecule has 6 nitrogen and oxygen atoms in total. The molecule has 0 spiro atoms. The van der Waals surface area contributed by atoms with Gasteiger partial charge in [0.1, 0.15) is 0 Å². The summed E-state index contributed by atoms with van der Waals surface area (Å²) in [5.41, 5.74) is 6.05. The lowest BCUT2D eigenvalue weighted by Gasteiger charge is -2.01. The third-order valence-electron chi connectivity index (χ3n) is 5.06. The third kappa shape index (κ3) is 2.69. The summed E-state index contributed by atoms with van der Waals surface area (Å²) >= 11 is 1.11. The van der Waals surface area contributed by atoms with Crippen LogP contribution in [0.15, 0.2) is 67.4 Å². The fraction of sp³-hybridized carbons (Fsp3) is 0. The predicted octanol–water partition coefficient (Wildman–Crippen LogP) is 5.43. The fourth-order valence-electron chi connectivity index (χ4n) is 3.64. The van der Waals surface area contributed by atoms with E-state index in [2.05, 4.69) is 36.2 Å². The van der Waals surface area contributed by atoms with Gasteiger partial charge in [-0.2, -0.15) is 9.49 Å². The number of thiophene rings is 1. The Morgan fingerprint density at radius 1 is 0.900 bits per heavy atom. The molecule has 2 N–H and O–H groups in total. The van der Waals surface area contributed by atoms with Crippen molar-refractivity contribution >= 4 is 33.3 Å². The van der Waals surface area contributed by atoms with Crippen molar-refractivity contribution < 1.29 is 4.39 Å². The van der Waals surface area contributed by atoms with Crippen molar-refractivity contribution in [2.75, 3.05) is 0 Å². The lowest BCUT2D eigenvalue weighted by Crippen LogP contribution is -1.83. The van der Waals surface area contributed by atoms with Gasteiger partial charge in [-0.1, -0.05) is 6.07 Å². The third-order valence-corrected chi connectivity index (χ3v) is 5.97. The van der Waals surface area contributed by atoms with Gasteiger partial charge in [0.05, 0.1) is 23.1 Å². The van der Waals surface area contributed by atoms with Gasteiger partial charge in [-0.25, -0.2) is 4.98 Å². The summed E-state index contributed by atoms with van der Waals surface area (Å²) < 4.78 is 13.6. The highest BCUT2D eigenvalue weighted by Crippen LogP contribution is 2.36. The van der Waals surface area contributed by atoms with E-state index in [9.17, 15) is 4.39 Å². The average molecular weight is 412 g/mol. The van der Waals surface area contributed by atoms with Gasteiger partial charge in [0, 0.05) is 57.1 Å². The van der Waals surface area contributed by atoms with Crippen LogP contribution in [0.25, 0.3) is 54.9 Å². The molecule has 0 aromatic carbocycles. The first kappa shape index (κ1) is 17.0. The Labute approximate surface area is 173 Å². The largest absolute Gasteiger partial charge is 0.352 e. The molecule has 30 heavy (non-hydrogen) atoms. The highest BCUT2D eigenvalue weighted by Gasteiger charge is 2.15. The van der Waals surface area contributed by atoms with Gasteiger partial charge < -0.3 is 4.98 Å². The molecule has 6 aromatic heterocycles. The molecule has 0 saturated heterocycles. The molecule has 0 aliphatic heterocycles. The van der Waals surface area contributed by atoms with E-state index in [4.69, 9.17) is 0 Å². The van der Waals surface area contributed by atoms with Crippen LogP contribution in [0.5, 0.6) is 0 Å². The van der Waals surface area contributed by atoms with E-state index >= 15 is 0 Å². The smallest absolute Gasteiger partial charge is 0.181 e. The number of aromatic amines is 2. The van der Waals surface area contributed by atoms with Crippen LogP contribution in [0.2, 0.25) is 0 Å². The number of nitrogens with zero attached hydrogens (tertiary/aromatic N) is 4. The summed E-state index contributed by atoms with van der Waals surface area (Å²) in [6.45, 7) is 0. The second-order valence-corrected chi connectivity index (χ2v) is 7.90. The molecule has 0 atom stereocenters. The van der Waals surface area contributed by atoms with Crippen molar-refractivity contribution in [3.8, 4) is 33.0 Å². The maximum atomic E-state index is 13.6. The van der Waals surface area contributed by atoms with Crippen LogP contribution in [0.3, 0.4) is 0 Å². The number of hydrogen-bond acceptors (Lipinski definition) is 5. The molecule has 0 fully saturated rings. The number of rotatable bonds is 3. The maximum absolute atomic E-state index is 13.6. The van der Waals surface area contributed by atoms with Crippen molar-refractivity contribution in [2.24, 2.45) is 0 Å². The van der Waals surface area contributed by atoms with Crippen molar-refractivity contribution in [3.63, 3.8) is 0 Å². The quantitative estimate of drug-likeness (QED) is 0.406. The Bertz CT molecular complexity index is 1520. The molecule has 0 aliphatic rings. The standard InChI is InChI=1S/C22H13FN6S/c23-20-4-3-19(30-20)16-10-25-11-18-14(16)7-17(27-18)21-15-6-13(9-26-22(15)29-28-21)12-2-1-5-24-8-12/h1-11,27H,(H,26,28,29). The fourth-order valence-corrected chi connectivity index (χ4v) is 4.39. The Hall–Kier alpha value is -3.91. The number of halogens is 1. The van der Waals surface area contributed by atoms with Crippen LogP contribution in [0.4, 0.5) is 4.39 Å².